The molecular weight excluding hydrogens is 250 g/mol. The number of hydrogen-bond donors (Lipinski definition) is 1. The van der Waals surface area contributed by atoms with Gasteiger partial charge in [-0.15, -0.1) is 0 Å². The maximum absolute atomic E-state index is 12.3. The maximum Gasteiger partial charge on any atom is 0.254 e. The zero-order valence-electron chi connectivity index (χ0n) is 11.2. The molecule has 1 aliphatic heterocycles. The summed E-state index contributed by atoms with van der Waals surface area (Å²) in [6.45, 7) is 1.13. The third kappa shape index (κ3) is 2.73. The summed E-state index contributed by atoms with van der Waals surface area (Å²) in [7, 11) is 0. The van der Waals surface area contributed by atoms with Gasteiger partial charge in [0.15, 0.2) is 6.10 Å². The number of rotatable bonds is 3. The smallest absolute Gasteiger partial charge is 0.254 e. The second-order valence-corrected chi connectivity index (χ2v) is 4.90. The molecule has 0 aliphatic carbocycles. The molecule has 1 amide bonds. The normalized spacial score (nSPS) is 17.3. The Balaban J connectivity index is 1.69. The van der Waals surface area contributed by atoms with Crippen molar-refractivity contribution in [2.45, 2.75) is 19.1 Å². The fourth-order valence-corrected chi connectivity index (χ4v) is 2.49. The first-order valence-corrected chi connectivity index (χ1v) is 6.85. The minimum atomic E-state index is -0.483. The van der Waals surface area contributed by atoms with Crippen LogP contribution in [0.1, 0.15) is 22.8 Å². The molecule has 0 fully saturated rings. The van der Waals surface area contributed by atoms with Crippen LogP contribution >= 0.6 is 0 Å². The van der Waals surface area contributed by atoms with Gasteiger partial charge in [0.25, 0.3) is 5.91 Å². The van der Waals surface area contributed by atoms with Crippen molar-refractivity contribution in [1.29, 1.82) is 0 Å². The molecule has 0 spiro atoms. The van der Waals surface area contributed by atoms with Crippen LogP contribution in [0.3, 0.4) is 0 Å². The van der Waals surface area contributed by atoms with Crippen molar-refractivity contribution in [3.63, 3.8) is 0 Å². The Bertz CT molecular complexity index is 595. The zero-order chi connectivity index (χ0) is 13.8. The monoisotopic (exact) mass is 267 g/mol. The van der Waals surface area contributed by atoms with Gasteiger partial charge < -0.3 is 10.1 Å². The zero-order valence-corrected chi connectivity index (χ0v) is 11.2. The van der Waals surface area contributed by atoms with E-state index in [4.69, 9.17) is 4.74 Å². The highest BCUT2D eigenvalue weighted by atomic mass is 16.5. The van der Waals surface area contributed by atoms with Crippen LogP contribution in [0.15, 0.2) is 54.6 Å². The van der Waals surface area contributed by atoms with Crippen molar-refractivity contribution in [2.75, 3.05) is 6.61 Å². The topological polar surface area (TPSA) is 38.3 Å². The molecule has 102 valence electrons. The maximum atomic E-state index is 12.3. The van der Waals surface area contributed by atoms with Crippen molar-refractivity contribution in [1.82, 2.24) is 5.32 Å². The van der Waals surface area contributed by atoms with Gasteiger partial charge in [-0.3, -0.25) is 4.79 Å². The van der Waals surface area contributed by atoms with Crippen LogP contribution in [-0.4, -0.2) is 12.5 Å². The minimum absolute atomic E-state index is 0.0685. The first-order valence-electron chi connectivity index (χ1n) is 6.85. The Kier molecular flexibility index (Phi) is 3.79. The third-order valence-corrected chi connectivity index (χ3v) is 3.54. The van der Waals surface area contributed by atoms with E-state index in [1.165, 1.54) is 5.56 Å². The standard InChI is InChI=1S/C17H17NO2/c19-17(18-12-13-6-2-1-3-7-13)16-15-9-5-4-8-14(15)10-11-20-16/h1-9,16H,10-12H2,(H,18,19). The predicted octanol–water partition coefficient (Wildman–Crippen LogP) is 2.62. The second kappa shape index (κ2) is 5.88. The molecule has 2 aromatic carbocycles. The third-order valence-electron chi connectivity index (χ3n) is 3.54. The molecule has 1 unspecified atom stereocenters. The van der Waals surface area contributed by atoms with E-state index in [2.05, 4.69) is 11.4 Å². The summed E-state index contributed by atoms with van der Waals surface area (Å²) in [6, 6.07) is 17.9. The van der Waals surface area contributed by atoms with Gasteiger partial charge in [-0.05, 0) is 23.1 Å². The van der Waals surface area contributed by atoms with E-state index in [-0.39, 0.29) is 5.91 Å². The van der Waals surface area contributed by atoms with Crippen molar-refractivity contribution in [3.05, 3.63) is 71.3 Å². The van der Waals surface area contributed by atoms with Gasteiger partial charge in [0.1, 0.15) is 0 Å². The summed E-state index contributed by atoms with van der Waals surface area (Å²) in [5.41, 5.74) is 3.29. The Morgan fingerprint density at radius 3 is 2.70 bits per heavy atom. The average Bonchev–Trinajstić information content (AvgIpc) is 2.53. The van der Waals surface area contributed by atoms with Crippen molar-refractivity contribution in [3.8, 4) is 0 Å². The lowest BCUT2D eigenvalue weighted by Gasteiger charge is -2.25. The second-order valence-electron chi connectivity index (χ2n) is 4.90. The predicted molar refractivity (Wildman–Crippen MR) is 77.1 cm³/mol. The van der Waals surface area contributed by atoms with Crippen LogP contribution in [0.5, 0.6) is 0 Å². The molecule has 3 heteroatoms. The lowest BCUT2D eigenvalue weighted by Crippen LogP contribution is -2.33. The molecule has 0 saturated heterocycles. The average molecular weight is 267 g/mol. The molecule has 1 aliphatic rings. The number of amides is 1. The Morgan fingerprint density at radius 1 is 1.10 bits per heavy atom. The van der Waals surface area contributed by atoms with E-state index >= 15 is 0 Å². The molecule has 0 bridgehead atoms. The molecule has 0 aromatic heterocycles. The number of fused-ring (bicyclic) bond motifs is 1. The fourth-order valence-electron chi connectivity index (χ4n) is 2.49. The molecule has 1 heterocycles. The Morgan fingerprint density at radius 2 is 1.85 bits per heavy atom. The van der Waals surface area contributed by atoms with Crippen LogP contribution in [0.2, 0.25) is 0 Å². The van der Waals surface area contributed by atoms with E-state index in [9.17, 15) is 4.79 Å². The van der Waals surface area contributed by atoms with Gasteiger partial charge >= 0.3 is 0 Å². The van der Waals surface area contributed by atoms with Gasteiger partial charge in [-0.25, -0.2) is 0 Å². The SMILES string of the molecule is O=C(NCc1ccccc1)C1OCCc2ccccc21. The molecular formula is C17H17NO2. The Hall–Kier alpha value is -2.13. The summed E-state index contributed by atoms with van der Waals surface area (Å²) < 4.78 is 5.64. The van der Waals surface area contributed by atoms with Crippen LogP contribution in [-0.2, 0) is 22.5 Å². The quantitative estimate of drug-likeness (QED) is 0.928. The van der Waals surface area contributed by atoms with Gasteiger partial charge in [0.05, 0.1) is 6.61 Å². The van der Waals surface area contributed by atoms with E-state index in [0.29, 0.717) is 13.2 Å². The Labute approximate surface area is 118 Å². The fraction of sp³-hybridized carbons (Fsp3) is 0.235. The van der Waals surface area contributed by atoms with Crippen molar-refractivity contribution < 1.29 is 9.53 Å². The number of ether oxygens (including phenoxy) is 1. The summed E-state index contributed by atoms with van der Waals surface area (Å²) >= 11 is 0. The molecule has 2 aromatic rings. The highest BCUT2D eigenvalue weighted by Gasteiger charge is 2.26. The highest BCUT2D eigenvalue weighted by molar-refractivity contribution is 5.82. The van der Waals surface area contributed by atoms with E-state index in [0.717, 1.165) is 17.5 Å². The summed E-state index contributed by atoms with van der Waals surface area (Å²) in [6.07, 6.45) is 0.391. The molecule has 20 heavy (non-hydrogen) atoms. The number of carbonyl (C=O) groups is 1. The van der Waals surface area contributed by atoms with Crippen molar-refractivity contribution >= 4 is 5.91 Å². The van der Waals surface area contributed by atoms with Gasteiger partial charge in [-0.2, -0.15) is 0 Å². The van der Waals surface area contributed by atoms with Gasteiger partial charge in [0.2, 0.25) is 0 Å². The summed E-state index contributed by atoms with van der Waals surface area (Å²) in [4.78, 5) is 12.3. The first kappa shape index (κ1) is 12.9. The molecule has 3 nitrogen and oxygen atoms in total. The number of hydrogen-bond acceptors (Lipinski definition) is 2. The van der Waals surface area contributed by atoms with E-state index in [1.54, 1.807) is 0 Å². The van der Waals surface area contributed by atoms with Gasteiger partial charge in [-0.1, -0.05) is 54.6 Å². The highest BCUT2D eigenvalue weighted by Crippen LogP contribution is 2.26. The largest absolute Gasteiger partial charge is 0.363 e. The number of carbonyl (C=O) groups excluding carboxylic acids is 1. The number of benzene rings is 2. The molecule has 3 rings (SSSR count). The molecule has 0 saturated carbocycles. The lowest BCUT2D eigenvalue weighted by molar-refractivity contribution is -0.134. The van der Waals surface area contributed by atoms with Gasteiger partial charge in [0, 0.05) is 6.54 Å². The van der Waals surface area contributed by atoms with Crippen LogP contribution in [0.4, 0.5) is 0 Å². The first-order chi connectivity index (χ1) is 9.84. The van der Waals surface area contributed by atoms with Crippen LogP contribution in [0, 0.1) is 0 Å². The molecule has 0 radical (unpaired) electrons. The lowest BCUT2D eigenvalue weighted by atomic mass is 9.97. The number of nitrogens with one attached hydrogen (secondary N) is 1. The van der Waals surface area contributed by atoms with Crippen LogP contribution in [0.25, 0.3) is 0 Å². The van der Waals surface area contributed by atoms with E-state index < -0.39 is 6.10 Å². The summed E-state index contributed by atoms with van der Waals surface area (Å²) in [5.74, 6) is -0.0685. The van der Waals surface area contributed by atoms with E-state index in [1.807, 2.05) is 48.5 Å². The minimum Gasteiger partial charge on any atom is -0.363 e. The summed E-state index contributed by atoms with van der Waals surface area (Å²) in [5, 5.41) is 2.95. The molecule has 1 atom stereocenters. The molecule has 1 N–H and O–H groups in total. The van der Waals surface area contributed by atoms with Crippen LogP contribution < -0.4 is 5.32 Å². The van der Waals surface area contributed by atoms with Crippen molar-refractivity contribution in [2.24, 2.45) is 0 Å².